The van der Waals surface area contributed by atoms with Crippen molar-refractivity contribution in [3.63, 3.8) is 0 Å². The number of carbonyl (C=O) groups excluding carboxylic acids is 2. The van der Waals surface area contributed by atoms with Crippen molar-refractivity contribution in [2.24, 2.45) is 5.92 Å². The maximum Gasteiger partial charge on any atom is 0.253 e. The minimum Gasteiger partial charge on any atom is -0.497 e. The van der Waals surface area contributed by atoms with Gasteiger partial charge in [-0.25, -0.2) is 0 Å². The summed E-state index contributed by atoms with van der Waals surface area (Å²) in [7, 11) is 1.60. The molecule has 1 fully saturated rings. The van der Waals surface area contributed by atoms with Gasteiger partial charge in [0.2, 0.25) is 5.91 Å². The van der Waals surface area contributed by atoms with E-state index in [2.05, 4.69) is 5.32 Å². The van der Waals surface area contributed by atoms with Crippen molar-refractivity contribution in [3.05, 3.63) is 102 Å². The molecule has 5 nitrogen and oxygen atoms in total. The van der Waals surface area contributed by atoms with E-state index in [1.165, 1.54) is 0 Å². The molecule has 1 aliphatic rings. The van der Waals surface area contributed by atoms with Gasteiger partial charge >= 0.3 is 0 Å². The average molecular weight is 429 g/mol. The van der Waals surface area contributed by atoms with Crippen LogP contribution in [0, 0.1) is 5.92 Å². The van der Waals surface area contributed by atoms with Crippen LogP contribution in [0.15, 0.2) is 84.9 Å². The number of amides is 2. The number of carbonyl (C=O) groups is 2. The number of ether oxygens (including phenoxy) is 1. The number of likely N-dealkylation sites (tertiary alicyclic amines) is 1. The van der Waals surface area contributed by atoms with Gasteiger partial charge in [-0.3, -0.25) is 9.59 Å². The number of nitrogens with zero attached hydrogens (tertiary/aromatic N) is 1. The van der Waals surface area contributed by atoms with Gasteiger partial charge in [0.1, 0.15) is 5.75 Å². The first-order valence-corrected chi connectivity index (χ1v) is 11.0. The van der Waals surface area contributed by atoms with Crippen molar-refractivity contribution in [3.8, 4) is 5.75 Å². The van der Waals surface area contributed by atoms with E-state index in [4.69, 9.17) is 4.74 Å². The molecular weight excluding hydrogens is 400 g/mol. The Labute approximate surface area is 189 Å². The van der Waals surface area contributed by atoms with E-state index in [0.29, 0.717) is 31.5 Å². The Bertz CT molecular complexity index is 988. The molecule has 1 heterocycles. The molecule has 1 aliphatic heterocycles. The molecule has 1 saturated heterocycles. The molecule has 2 amide bonds. The summed E-state index contributed by atoms with van der Waals surface area (Å²) in [5, 5.41) is 3.25. The quantitative estimate of drug-likeness (QED) is 0.631. The number of methoxy groups -OCH3 is 1. The number of rotatable bonds is 6. The lowest BCUT2D eigenvalue weighted by molar-refractivity contribution is -0.126. The molecule has 4 rings (SSSR count). The van der Waals surface area contributed by atoms with E-state index in [9.17, 15) is 9.59 Å². The zero-order valence-electron chi connectivity index (χ0n) is 18.2. The molecule has 0 saturated carbocycles. The summed E-state index contributed by atoms with van der Waals surface area (Å²) >= 11 is 0. The molecular formula is C27H28N2O3. The molecule has 32 heavy (non-hydrogen) atoms. The van der Waals surface area contributed by atoms with Crippen molar-refractivity contribution in [2.45, 2.75) is 18.9 Å². The molecule has 0 radical (unpaired) electrons. The monoisotopic (exact) mass is 428 g/mol. The third-order valence-corrected chi connectivity index (χ3v) is 6.04. The third-order valence-electron chi connectivity index (χ3n) is 6.04. The van der Waals surface area contributed by atoms with Gasteiger partial charge < -0.3 is 15.0 Å². The van der Waals surface area contributed by atoms with E-state index in [1.807, 2.05) is 65.6 Å². The molecule has 0 aliphatic carbocycles. The Morgan fingerprint density at radius 2 is 1.38 bits per heavy atom. The van der Waals surface area contributed by atoms with E-state index >= 15 is 0 Å². The Morgan fingerprint density at radius 1 is 0.844 bits per heavy atom. The summed E-state index contributed by atoms with van der Waals surface area (Å²) in [6.45, 7) is 1.15. The summed E-state index contributed by atoms with van der Waals surface area (Å²) in [6, 6.07) is 27.0. The number of hydrogen-bond donors (Lipinski definition) is 1. The van der Waals surface area contributed by atoms with Crippen LogP contribution in [0.5, 0.6) is 5.75 Å². The predicted octanol–water partition coefficient (Wildman–Crippen LogP) is 4.45. The van der Waals surface area contributed by atoms with Gasteiger partial charge in [-0.1, -0.05) is 60.7 Å². The van der Waals surface area contributed by atoms with Crippen molar-refractivity contribution < 1.29 is 14.3 Å². The van der Waals surface area contributed by atoms with Crippen molar-refractivity contribution in [1.82, 2.24) is 10.2 Å². The second kappa shape index (κ2) is 10.1. The Morgan fingerprint density at radius 3 is 1.88 bits per heavy atom. The molecule has 0 aromatic heterocycles. The largest absolute Gasteiger partial charge is 0.497 e. The van der Waals surface area contributed by atoms with Crippen molar-refractivity contribution >= 4 is 11.8 Å². The van der Waals surface area contributed by atoms with Crippen LogP contribution in [0.2, 0.25) is 0 Å². The fourth-order valence-corrected chi connectivity index (χ4v) is 4.17. The zero-order valence-corrected chi connectivity index (χ0v) is 18.2. The van der Waals surface area contributed by atoms with Gasteiger partial charge in [0.25, 0.3) is 5.91 Å². The molecule has 3 aromatic carbocycles. The normalized spacial score (nSPS) is 14.2. The zero-order chi connectivity index (χ0) is 22.3. The number of hydrogen-bond acceptors (Lipinski definition) is 3. The number of nitrogens with one attached hydrogen (secondary N) is 1. The Hall–Kier alpha value is -3.60. The first-order valence-electron chi connectivity index (χ1n) is 11.0. The maximum atomic E-state index is 13.1. The van der Waals surface area contributed by atoms with Gasteiger partial charge in [0, 0.05) is 24.6 Å². The standard InChI is InChI=1S/C27H28N2O3/c1-32-24-14-12-23(13-15-24)27(31)29-18-16-22(17-19-29)26(30)28-25(20-8-4-2-5-9-20)21-10-6-3-7-11-21/h2-15,22,25H,16-19H2,1H3,(H,28,30). The average Bonchev–Trinajstić information content (AvgIpc) is 2.88. The summed E-state index contributed by atoms with van der Waals surface area (Å²) in [5.41, 5.74) is 2.75. The molecule has 1 N–H and O–H groups in total. The van der Waals surface area contributed by atoms with E-state index in [1.54, 1.807) is 31.4 Å². The second-order valence-corrected chi connectivity index (χ2v) is 8.06. The van der Waals surface area contributed by atoms with Crippen molar-refractivity contribution in [1.29, 1.82) is 0 Å². The van der Waals surface area contributed by atoms with Crippen LogP contribution in [0.4, 0.5) is 0 Å². The van der Waals surface area contributed by atoms with Crippen molar-refractivity contribution in [2.75, 3.05) is 20.2 Å². The fraction of sp³-hybridized carbons (Fsp3) is 0.259. The summed E-state index contributed by atoms with van der Waals surface area (Å²) in [4.78, 5) is 27.8. The van der Waals surface area contributed by atoms with Gasteiger partial charge in [0.05, 0.1) is 13.2 Å². The van der Waals surface area contributed by atoms with Crippen LogP contribution in [0.3, 0.4) is 0 Å². The van der Waals surface area contributed by atoms with E-state index in [0.717, 1.165) is 16.9 Å². The highest BCUT2D eigenvalue weighted by Crippen LogP contribution is 2.25. The predicted molar refractivity (Wildman–Crippen MR) is 124 cm³/mol. The van der Waals surface area contributed by atoms with Crippen LogP contribution in [0.1, 0.15) is 40.4 Å². The highest BCUT2D eigenvalue weighted by atomic mass is 16.5. The fourth-order valence-electron chi connectivity index (χ4n) is 4.17. The lowest BCUT2D eigenvalue weighted by atomic mass is 9.93. The van der Waals surface area contributed by atoms with E-state index in [-0.39, 0.29) is 23.8 Å². The first-order chi connectivity index (χ1) is 15.7. The second-order valence-electron chi connectivity index (χ2n) is 8.06. The Balaban J connectivity index is 1.39. The number of piperidine rings is 1. The highest BCUT2D eigenvalue weighted by Gasteiger charge is 2.29. The molecule has 5 heteroatoms. The third kappa shape index (κ3) is 4.99. The number of benzene rings is 3. The molecule has 0 bridgehead atoms. The van der Waals surface area contributed by atoms with Gasteiger partial charge in [-0.05, 0) is 48.2 Å². The topological polar surface area (TPSA) is 58.6 Å². The van der Waals surface area contributed by atoms with Gasteiger partial charge in [-0.15, -0.1) is 0 Å². The lowest BCUT2D eigenvalue weighted by Gasteiger charge is -2.32. The summed E-state index contributed by atoms with van der Waals surface area (Å²) < 4.78 is 5.16. The molecule has 0 spiro atoms. The molecule has 0 atom stereocenters. The lowest BCUT2D eigenvalue weighted by Crippen LogP contribution is -2.43. The highest BCUT2D eigenvalue weighted by molar-refractivity contribution is 5.94. The summed E-state index contributed by atoms with van der Waals surface area (Å²) in [5.74, 6) is 0.658. The first kappa shape index (κ1) is 21.6. The van der Waals surface area contributed by atoms with Gasteiger partial charge in [-0.2, -0.15) is 0 Å². The van der Waals surface area contributed by atoms with Gasteiger partial charge in [0.15, 0.2) is 0 Å². The van der Waals surface area contributed by atoms with E-state index < -0.39 is 0 Å². The smallest absolute Gasteiger partial charge is 0.253 e. The minimum atomic E-state index is -0.191. The Kier molecular flexibility index (Phi) is 6.85. The maximum absolute atomic E-state index is 13.1. The van der Waals surface area contributed by atoms with Crippen LogP contribution < -0.4 is 10.1 Å². The molecule has 0 unspecified atom stereocenters. The van der Waals surface area contributed by atoms with Crippen LogP contribution in [0.25, 0.3) is 0 Å². The molecule has 164 valence electrons. The van der Waals surface area contributed by atoms with Crippen LogP contribution >= 0.6 is 0 Å². The molecule has 3 aromatic rings. The minimum absolute atomic E-state index is 0.00189. The summed E-state index contributed by atoms with van der Waals surface area (Å²) in [6.07, 6.45) is 1.31. The SMILES string of the molecule is COc1ccc(C(=O)N2CCC(C(=O)NC(c3ccccc3)c3ccccc3)CC2)cc1. The van der Waals surface area contributed by atoms with Crippen LogP contribution in [-0.2, 0) is 4.79 Å². The van der Waals surface area contributed by atoms with Crippen LogP contribution in [-0.4, -0.2) is 36.9 Å².